The molecule has 0 radical (unpaired) electrons. The number of hydrogen-bond donors (Lipinski definition) is 1. The zero-order valence-electron chi connectivity index (χ0n) is 13.7. The lowest BCUT2D eigenvalue weighted by molar-refractivity contribution is 0.0341. The Morgan fingerprint density at radius 3 is 2.91 bits per heavy atom. The summed E-state index contributed by atoms with van der Waals surface area (Å²) in [6.45, 7) is 3.77. The molecule has 1 atom stereocenters. The number of aliphatic hydroxyl groups is 1. The van der Waals surface area contributed by atoms with Crippen LogP contribution in [0, 0.1) is 0 Å². The summed E-state index contributed by atoms with van der Waals surface area (Å²) < 4.78 is 7.28. The van der Waals surface area contributed by atoms with Crippen molar-refractivity contribution in [1.29, 1.82) is 0 Å². The van der Waals surface area contributed by atoms with Gasteiger partial charge in [0, 0.05) is 45.4 Å². The Kier molecular flexibility index (Phi) is 5.43. The van der Waals surface area contributed by atoms with Gasteiger partial charge in [0.2, 0.25) is 0 Å². The van der Waals surface area contributed by atoms with Gasteiger partial charge in [-0.3, -0.25) is 4.90 Å². The van der Waals surface area contributed by atoms with E-state index in [9.17, 15) is 5.11 Å². The van der Waals surface area contributed by atoms with Crippen LogP contribution in [-0.2, 0) is 30.7 Å². The molecule has 2 aromatic rings. The number of methoxy groups -OCH3 is 1. The molecule has 1 N–H and O–H groups in total. The van der Waals surface area contributed by atoms with Crippen LogP contribution in [0.4, 0.5) is 0 Å². The molecule has 0 amide bonds. The van der Waals surface area contributed by atoms with Crippen molar-refractivity contribution in [2.45, 2.75) is 32.0 Å². The van der Waals surface area contributed by atoms with Crippen LogP contribution in [-0.4, -0.2) is 52.5 Å². The molecule has 0 bridgehead atoms. The second-order valence-corrected chi connectivity index (χ2v) is 6.16. The largest absolute Gasteiger partial charge is 0.389 e. The van der Waals surface area contributed by atoms with Crippen LogP contribution in [0.15, 0.2) is 36.7 Å². The maximum atomic E-state index is 9.87. The summed E-state index contributed by atoms with van der Waals surface area (Å²) in [6.07, 6.45) is 3.55. The maximum Gasteiger partial charge on any atom is 0.0952 e. The van der Waals surface area contributed by atoms with E-state index in [-0.39, 0.29) is 0 Å². The lowest BCUT2D eigenvalue weighted by atomic mass is 10.1. The van der Waals surface area contributed by atoms with E-state index in [0.29, 0.717) is 13.2 Å². The van der Waals surface area contributed by atoms with Crippen molar-refractivity contribution in [2.75, 3.05) is 26.8 Å². The number of benzene rings is 1. The third kappa shape index (κ3) is 4.19. The number of rotatable bonds is 7. The number of β-amino-alcohol motifs (C(OH)–C–C–N with tert-alkyl or cyclic N) is 1. The molecule has 1 aliphatic heterocycles. The van der Waals surface area contributed by atoms with Crippen LogP contribution >= 0.6 is 0 Å². The molecule has 0 unspecified atom stereocenters. The van der Waals surface area contributed by atoms with Crippen molar-refractivity contribution in [3.8, 4) is 0 Å². The molecule has 1 aromatic carbocycles. The quantitative estimate of drug-likeness (QED) is 0.841. The number of hydrogen-bond acceptors (Lipinski definition) is 4. The molecule has 3 rings (SSSR count). The predicted octanol–water partition coefficient (Wildman–Crippen LogP) is 1.49. The number of imidazole rings is 1. The molecular formula is C18H25N3O2. The molecule has 5 nitrogen and oxygen atoms in total. The van der Waals surface area contributed by atoms with E-state index in [1.165, 1.54) is 11.3 Å². The minimum Gasteiger partial charge on any atom is -0.389 e. The van der Waals surface area contributed by atoms with E-state index in [2.05, 4.69) is 44.8 Å². The molecule has 0 fully saturated rings. The number of ether oxygens (including phenoxy) is 1. The van der Waals surface area contributed by atoms with Crippen LogP contribution in [0.1, 0.15) is 17.0 Å². The van der Waals surface area contributed by atoms with Gasteiger partial charge >= 0.3 is 0 Å². The SMILES string of the molecule is COC[C@@H](O)CN1CCc2c(ncn2CCc2ccccc2)C1. The average Bonchev–Trinajstić information content (AvgIpc) is 2.96. The minimum atomic E-state index is -0.429. The van der Waals surface area contributed by atoms with Crippen molar-refractivity contribution in [3.05, 3.63) is 53.6 Å². The lowest BCUT2D eigenvalue weighted by Crippen LogP contribution is -2.38. The standard InChI is InChI=1S/C18H25N3O2/c1-23-13-16(22)11-20-9-8-18-17(12-20)19-14-21(18)10-7-15-5-3-2-4-6-15/h2-6,14,16,22H,7-13H2,1H3/t16-/m0/s1. The molecule has 0 saturated heterocycles. The second-order valence-electron chi connectivity index (χ2n) is 6.16. The average molecular weight is 315 g/mol. The zero-order chi connectivity index (χ0) is 16.1. The summed E-state index contributed by atoms with van der Waals surface area (Å²) in [6, 6.07) is 10.6. The van der Waals surface area contributed by atoms with Gasteiger partial charge in [0.1, 0.15) is 0 Å². The van der Waals surface area contributed by atoms with Crippen molar-refractivity contribution >= 4 is 0 Å². The van der Waals surface area contributed by atoms with Gasteiger partial charge in [-0.05, 0) is 12.0 Å². The second kappa shape index (κ2) is 7.73. The molecule has 0 spiro atoms. The summed E-state index contributed by atoms with van der Waals surface area (Å²) in [5.41, 5.74) is 3.85. The molecule has 0 saturated carbocycles. The van der Waals surface area contributed by atoms with Crippen LogP contribution < -0.4 is 0 Å². The predicted molar refractivity (Wildman–Crippen MR) is 89.2 cm³/mol. The summed E-state index contributed by atoms with van der Waals surface area (Å²) in [7, 11) is 1.62. The Balaban J connectivity index is 1.57. The van der Waals surface area contributed by atoms with Gasteiger partial charge in [0.05, 0.1) is 24.7 Å². The first kappa shape index (κ1) is 16.2. The molecule has 1 aromatic heterocycles. The summed E-state index contributed by atoms with van der Waals surface area (Å²) in [5.74, 6) is 0. The highest BCUT2D eigenvalue weighted by Gasteiger charge is 2.22. The molecule has 23 heavy (non-hydrogen) atoms. The van der Waals surface area contributed by atoms with E-state index in [1.54, 1.807) is 7.11 Å². The maximum absolute atomic E-state index is 9.87. The number of aliphatic hydroxyl groups excluding tert-OH is 1. The molecular weight excluding hydrogens is 290 g/mol. The summed E-state index contributed by atoms with van der Waals surface area (Å²) >= 11 is 0. The monoisotopic (exact) mass is 315 g/mol. The molecule has 2 heterocycles. The number of aryl methyl sites for hydroxylation is 2. The molecule has 0 aliphatic carbocycles. The van der Waals surface area contributed by atoms with Crippen molar-refractivity contribution < 1.29 is 9.84 Å². The lowest BCUT2D eigenvalue weighted by Gasteiger charge is -2.28. The number of fused-ring (bicyclic) bond motifs is 1. The van der Waals surface area contributed by atoms with Crippen LogP contribution in [0.25, 0.3) is 0 Å². The Morgan fingerprint density at radius 2 is 2.13 bits per heavy atom. The Labute approximate surface area is 137 Å². The van der Waals surface area contributed by atoms with Gasteiger partial charge in [0.15, 0.2) is 0 Å². The van der Waals surface area contributed by atoms with Gasteiger partial charge in [0.25, 0.3) is 0 Å². The Bertz CT molecular complexity index is 612. The van der Waals surface area contributed by atoms with Crippen molar-refractivity contribution in [2.24, 2.45) is 0 Å². The molecule has 1 aliphatic rings. The summed E-state index contributed by atoms with van der Waals surface area (Å²) in [5, 5.41) is 9.87. The Hall–Kier alpha value is -1.69. The molecule has 124 valence electrons. The first-order chi connectivity index (χ1) is 11.3. The van der Waals surface area contributed by atoms with Crippen molar-refractivity contribution in [3.63, 3.8) is 0 Å². The zero-order valence-corrected chi connectivity index (χ0v) is 13.7. The van der Waals surface area contributed by atoms with Crippen LogP contribution in [0.5, 0.6) is 0 Å². The fourth-order valence-electron chi connectivity index (χ4n) is 3.21. The van der Waals surface area contributed by atoms with Crippen LogP contribution in [0.3, 0.4) is 0 Å². The summed E-state index contributed by atoms with van der Waals surface area (Å²) in [4.78, 5) is 6.83. The third-order valence-electron chi connectivity index (χ3n) is 4.38. The minimum absolute atomic E-state index is 0.384. The van der Waals surface area contributed by atoms with E-state index in [0.717, 1.165) is 38.2 Å². The van der Waals surface area contributed by atoms with Gasteiger partial charge in [-0.15, -0.1) is 0 Å². The highest BCUT2D eigenvalue weighted by Crippen LogP contribution is 2.18. The molecule has 5 heteroatoms. The van der Waals surface area contributed by atoms with E-state index in [1.807, 2.05) is 6.33 Å². The van der Waals surface area contributed by atoms with Crippen molar-refractivity contribution in [1.82, 2.24) is 14.5 Å². The Morgan fingerprint density at radius 1 is 1.30 bits per heavy atom. The number of nitrogens with zero attached hydrogens (tertiary/aromatic N) is 3. The van der Waals surface area contributed by atoms with Gasteiger partial charge < -0.3 is 14.4 Å². The normalized spacial score (nSPS) is 16.3. The first-order valence-corrected chi connectivity index (χ1v) is 8.22. The smallest absolute Gasteiger partial charge is 0.0952 e. The highest BCUT2D eigenvalue weighted by molar-refractivity contribution is 5.18. The van der Waals surface area contributed by atoms with E-state index >= 15 is 0 Å². The fourth-order valence-corrected chi connectivity index (χ4v) is 3.21. The topological polar surface area (TPSA) is 50.5 Å². The van der Waals surface area contributed by atoms with Gasteiger partial charge in [-0.25, -0.2) is 4.98 Å². The van der Waals surface area contributed by atoms with E-state index < -0.39 is 6.10 Å². The first-order valence-electron chi connectivity index (χ1n) is 8.22. The third-order valence-corrected chi connectivity index (χ3v) is 4.38. The van der Waals surface area contributed by atoms with Gasteiger partial charge in [-0.2, -0.15) is 0 Å². The number of aromatic nitrogens is 2. The fraction of sp³-hybridized carbons (Fsp3) is 0.500. The van der Waals surface area contributed by atoms with Gasteiger partial charge in [-0.1, -0.05) is 30.3 Å². The van der Waals surface area contributed by atoms with E-state index in [4.69, 9.17) is 4.74 Å². The highest BCUT2D eigenvalue weighted by atomic mass is 16.5. The van der Waals surface area contributed by atoms with Crippen LogP contribution in [0.2, 0.25) is 0 Å².